The minimum atomic E-state index is -4.57. The molecule has 3 aromatic carbocycles. The average molecular weight is 481 g/mol. The fraction of sp³-hybridized carbons (Fsp3) is 0.0870. The third-order valence-electron chi connectivity index (χ3n) is 4.22. The molecule has 0 saturated carbocycles. The molecule has 0 fully saturated rings. The number of nitrogens with zero attached hydrogens (tertiary/aromatic N) is 3. The minimum absolute atomic E-state index is 0.0649. The lowest BCUT2D eigenvalue weighted by Gasteiger charge is -2.10. The zero-order valence-electron chi connectivity index (χ0n) is 17.8. The Labute approximate surface area is 196 Å². The maximum absolute atomic E-state index is 12.5. The van der Waals surface area contributed by atoms with Crippen LogP contribution in [0.1, 0.15) is 0 Å². The average Bonchev–Trinajstić information content (AvgIpc) is 2.84. The van der Waals surface area contributed by atoms with E-state index in [2.05, 4.69) is 20.8 Å². The van der Waals surface area contributed by atoms with Gasteiger partial charge in [-0.15, -0.1) is 18.6 Å². The first-order valence-electron chi connectivity index (χ1n) is 10.1. The highest BCUT2D eigenvalue weighted by Gasteiger charge is 2.19. The zero-order valence-corrected chi connectivity index (χ0v) is 18.6. The Bertz CT molecular complexity index is 1310. The second-order valence-corrected chi connectivity index (χ2v) is 7.80. The summed E-state index contributed by atoms with van der Waals surface area (Å²) in [5.41, 5.74) is 3.51. The van der Waals surface area contributed by atoms with Crippen LogP contribution in [0.25, 0.3) is 0 Å². The molecule has 1 aliphatic heterocycles. The Balaban J connectivity index is 1.66. The van der Waals surface area contributed by atoms with Crippen molar-refractivity contribution in [3.05, 3.63) is 91.0 Å². The molecule has 0 bridgehead atoms. The second kappa shape index (κ2) is 11.0. The Hall–Kier alpha value is -4.38. The van der Waals surface area contributed by atoms with E-state index in [4.69, 9.17) is 17.8 Å². The molecule has 0 saturated heterocycles. The molecule has 10 nitrogen and oxygen atoms in total. The molecule has 0 atom stereocenters. The Morgan fingerprint density at radius 1 is 0.735 bits per heavy atom. The van der Waals surface area contributed by atoms with Crippen molar-refractivity contribution < 1.29 is 26.3 Å². The Kier molecular flexibility index (Phi) is 7.35. The summed E-state index contributed by atoms with van der Waals surface area (Å²) in [6, 6.07) is 21.1. The van der Waals surface area contributed by atoms with Crippen LogP contribution in [-0.2, 0) is 14.6 Å². The van der Waals surface area contributed by atoms with E-state index in [0.717, 1.165) is 0 Å². The minimum Gasteiger partial charge on any atom is -0.487 e. The first-order valence-corrected chi connectivity index (χ1v) is 11.5. The summed E-state index contributed by atoms with van der Waals surface area (Å²) >= 11 is 0. The number of anilines is 1. The Morgan fingerprint density at radius 3 is 2.18 bits per heavy atom. The van der Waals surface area contributed by atoms with Crippen molar-refractivity contribution in [1.82, 2.24) is 0 Å². The molecule has 34 heavy (non-hydrogen) atoms. The number of hydrogen-bond donors (Lipinski definition) is 1. The number of amidine groups is 1. The number of para-hydroxylation sites is 4. The van der Waals surface area contributed by atoms with E-state index in [1.165, 1.54) is 12.1 Å². The third kappa shape index (κ3) is 6.56. The SMILES string of the molecule is O=S(=O)(O/C1=N/Nc2ccccc2OC/C=C/COc2ccccc2N=N1)Oc1ccccc1. The van der Waals surface area contributed by atoms with Gasteiger partial charge in [-0.25, -0.2) is 0 Å². The Morgan fingerprint density at radius 2 is 1.38 bits per heavy atom. The summed E-state index contributed by atoms with van der Waals surface area (Å²) in [4.78, 5) is 0. The first-order chi connectivity index (χ1) is 16.6. The summed E-state index contributed by atoms with van der Waals surface area (Å²) in [5.74, 6) is 0.982. The maximum atomic E-state index is 12.5. The fourth-order valence-corrected chi connectivity index (χ4v) is 3.36. The molecule has 174 valence electrons. The molecule has 0 spiro atoms. The highest BCUT2D eigenvalue weighted by atomic mass is 32.3. The predicted molar refractivity (Wildman–Crippen MR) is 126 cm³/mol. The highest BCUT2D eigenvalue weighted by Crippen LogP contribution is 2.28. The number of rotatable bonds is 3. The van der Waals surface area contributed by atoms with E-state index in [9.17, 15) is 8.42 Å². The molecule has 0 radical (unpaired) electrons. The van der Waals surface area contributed by atoms with E-state index in [1.807, 2.05) is 12.2 Å². The summed E-state index contributed by atoms with van der Waals surface area (Å²) in [7, 11) is -4.57. The van der Waals surface area contributed by atoms with Crippen LogP contribution >= 0.6 is 0 Å². The van der Waals surface area contributed by atoms with Crippen LogP contribution in [0.2, 0.25) is 0 Å². The van der Waals surface area contributed by atoms with Gasteiger partial charge in [-0.2, -0.15) is 0 Å². The normalized spacial score (nSPS) is 16.4. The van der Waals surface area contributed by atoms with Gasteiger partial charge < -0.3 is 17.8 Å². The monoisotopic (exact) mass is 480 g/mol. The molecular weight excluding hydrogens is 460 g/mol. The van der Waals surface area contributed by atoms with Gasteiger partial charge in [-0.05, 0) is 48.6 Å². The van der Waals surface area contributed by atoms with Crippen LogP contribution in [-0.4, -0.2) is 27.7 Å². The number of nitrogens with one attached hydrogen (secondary N) is 1. The molecule has 0 aromatic heterocycles. The van der Waals surface area contributed by atoms with Gasteiger partial charge in [0.25, 0.3) is 0 Å². The summed E-state index contributed by atoms with van der Waals surface area (Å²) < 4.78 is 46.3. The van der Waals surface area contributed by atoms with E-state index in [1.54, 1.807) is 66.7 Å². The number of fused-ring (bicyclic) bond motifs is 2. The van der Waals surface area contributed by atoms with E-state index in [-0.39, 0.29) is 19.0 Å². The molecule has 1 aliphatic rings. The number of azo groups is 1. The standard InChI is InChI=1S/C23H20N4O6S/c28-34(29,32-18-10-2-1-3-11-18)33-23-26-24-19-12-4-6-14-21(19)30-16-8-9-17-31-22-15-7-5-13-20(22)25-27-23/h1-15,24H,16-17H2/b9-8+,26-23+,27-25?. The molecule has 4 rings (SSSR count). The summed E-state index contributed by atoms with van der Waals surface area (Å²) in [5, 5.41) is 11.9. The molecule has 0 aliphatic carbocycles. The van der Waals surface area contributed by atoms with Gasteiger partial charge >= 0.3 is 16.4 Å². The summed E-state index contributed by atoms with van der Waals surface area (Å²) in [6.45, 7) is 0.553. The van der Waals surface area contributed by atoms with Crippen LogP contribution in [0.15, 0.2) is 106 Å². The van der Waals surface area contributed by atoms with Crippen LogP contribution < -0.4 is 19.1 Å². The smallest absolute Gasteiger partial charge is 0.487 e. The molecule has 1 heterocycles. The number of hydrazone groups is 1. The lowest BCUT2D eigenvalue weighted by Crippen LogP contribution is -2.18. The van der Waals surface area contributed by atoms with Gasteiger partial charge in [0.1, 0.15) is 36.1 Å². The molecule has 1 N–H and O–H groups in total. The molecule has 0 amide bonds. The van der Waals surface area contributed by atoms with Gasteiger partial charge in [0.05, 0.1) is 5.69 Å². The van der Waals surface area contributed by atoms with Crippen molar-refractivity contribution in [3.8, 4) is 17.2 Å². The third-order valence-corrected chi connectivity index (χ3v) is 4.97. The highest BCUT2D eigenvalue weighted by molar-refractivity contribution is 7.82. The second-order valence-electron chi connectivity index (χ2n) is 6.65. The van der Waals surface area contributed by atoms with Crippen molar-refractivity contribution in [2.45, 2.75) is 0 Å². The molecule has 11 heteroatoms. The zero-order chi connectivity index (χ0) is 23.6. The van der Waals surface area contributed by atoms with Gasteiger partial charge in [-0.3, -0.25) is 5.43 Å². The van der Waals surface area contributed by atoms with E-state index >= 15 is 0 Å². The topological polar surface area (TPSA) is 120 Å². The lowest BCUT2D eigenvalue weighted by atomic mass is 10.3. The number of ether oxygens (including phenoxy) is 2. The van der Waals surface area contributed by atoms with Crippen LogP contribution in [0.3, 0.4) is 0 Å². The van der Waals surface area contributed by atoms with Crippen molar-refractivity contribution in [2.75, 3.05) is 18.6 Å². The van der Waals surface area contributed by atoms with Crippen molar-refractivity contribution in [3.63, 3.8) is 0 Å². The number of hydrogen-bond acceptors (Lipinski definition) is 10. The predicted octanol–water partition coefficient (Wildman–Crippen LogP) is 4.82. The molecule has 0 unspecified atom stereocenters. The van der Waals surface area contributed by atoms with Gasteiger partial charge in [0.15, 0.2) is 0 Å². The van der Waals surface area contributed by atoms with Gasteiger partial charge in [0, 0.05) is 0 Å². The fourth-order valence-electron chi connectivity index (χ4n) is 2.72. The first kappa shape index (κ1) is 22.8. The largest absolute Gasteiger partial charge is 0.503 e. The van der Waals surface area contributed by atoms with Crippen molar-refractivity contribution in [1.29, 1.82) is 0 Å². The molecular formula is C23H20N4O6S. The van der Waals surface area contributed by atoms with E-state index in [0.29, 0.717) is 22.9 Å². The van der Waals surface area contributed by atoms with Crippen LogP contribution in [0.4, 0.5) is 11.4 Å². The van der Waals surface area contributed by atoms with Gasteiger partial charge in [-0.1, -0.05) is 47.6 Å². The lowest BCUT2D eigenvalue weighted by molar-refractivity contribution is 0.351. The van der Waals surface area contributed by atoms with Crippen molar-refractivity contribution in [2.24, 2.45) is 15.3 Å². The number of benzene rings is 3. The van der Waals surface area contributed by atoms with Crippen LogP contribution in [0.5, 0.6) is 17.2 Å². The quantitative estimate of drug-likeness (QED) is 0.534. The summed E-state index contributed by atoms with van der Waals surface area (Å²) in [6.07, 6.45) is 3.62. The van der Waals surface area contributed by atoms with E-state index < -0.39 is 16.4 Å². The van der Waals surface area contributed by atoms with Crippen molar-refractivity contribution >= 4 is 27.8 Å². The van der Waals surface area contributed by atoms with Crippen LogP contribution in [0, 0.1) is 0 Å². The van der Waals surface area contributed by atoms with Gasteiger partial charge in [0.2, 0.25) is 0 Å². The molecule has 3 aromatic rings. The maximum Gasteiger partial charge on any atom is 0.503 e.